The van der Waals surface area contributed by atoms with E-state index < -0.39 is 10.1 Å². The van der Waals surface area contributed by atoms with Crippen LogP contribution in [-0.2, 0) is 16.5 Å². The van der Waals surface area contributed by atoms with Crippen LogP contribution in [0.2, 0.25) is 0 Å². The van der Waals surface area contributed by atoms with Crippen molar-refractivity contribution in [3.05, 3.63) is 23.8 Å². The molecule has 1 aromatic carbocycles. The van der Waals surface area contributed by atoms with E-state index in [1.54, 1.807) is 18.2 Å². The summed E-state index contributed by atoms with van der Waals surface area (Å²) in [5.74, 6) is -0.307. The molecule has 0 saturated carbocycles. The summed E-state index contributed by atoms with van der Waals surface area (Å²) in [6.07, 6.45) is 0.225. The number of nitrogens with zero attached hydrogens (tertiary/aromatic N) is 2. The Morgan fingerprint density at radius 2 is 2.27 bits per heavy atom. The Kier molecular flexibility index (Phi) is 2.41. The van der Waals surface area contributed by atoms with Gasteiger partial charge in [-0.2, -0.15) is 8.42 Å². The molecule has 79 valence electrons. The van der Waals surface area contributed by atoms with Crippen LogP contribution in [0.15, 0.2) is 23.3 Å². The SMILES string of the molecule is O=S(=O)(O)CCc1cccc2c1N=[N+]N2. The van der Waals surface area contributed by atoms with Crippen LogP contribution in [0.1, 0.15) is 5.56 Å². The number of fused-ring (bicyclic) bond motifs is 1. The van der Waals surface area contributed by atoms with Crippen molar-refractivity contribution in [2.24, 2.45) is 5.11 Å². The molecule has 0 bridgehead atoms. The Morgan fingerprint density at radius 3 is 3.00 bits per heavy atom. The molecule has 0 atom stereocenters. The standard InChI is InChI=1S/C8H9N3O3S/c12-15(13,14)5-4-6-2-1-3-7-8(6)10-11-9-7/h1-3H,4-5H2,(H,9,10)(H,12,13,14)/q+1. The van der Waals surface area contributed by atoms with E-state index in [1.165, 1.54) is 0 Å². The second-order valence-corrected chi connectivity index (χ2v) is 4.73. The first-order valence-corrected chi connectivity index (χ1v) is 5.91. The number of rotatable bonds is 3. The predicted molar refractivity (Wildman–Crippen MR) is 54.4 cm³/mol. The second-order valence-electron chi connectivity index (χ2n) is 3.16. The molecule has 15 heavy (non-hydrogen) atoms. The molecule has 1 aromatic rings. The maximum absolute atomic E-state index is 10.6. The first-order chi connectivity index (χ1) is 7.06. The molecular formula is C8H9N3O3S+. The number of benzene rings is 1. The van der Waals surface area contributed by atoms with Gasteiger partial charge in [0, 0.05) is 0 Å². The summed E-state index contributed by atoms with van der Waals surface area (Å²) < 4.78 is 29.8. The lowest BCUT2D eigenvalue weighted by molar-refractivity contribution is 0.483. The maximum atomic E-state index is 10.6. The molecule has 1 aliphatic rings. The minimum absolute atomic E-state index is 0.225. The molecule has 0 saturated heterocycles. The molecule has 1 aliphatic heterocycles. The monoisotopic (exact) mass is 227 g/mol. The van der Waals surface area contributed by atoms with E-state index in [9.17, 15) is 8.42 Å². The summed E-state index contributed by atoms with van der Waals surface area (Å²) in [4.78, 5) is 0. The van der Waals surface area contributed by atoms with E-state index in [2.05, 4.69) is 15.8 Å². The minimum Gasteiger partial charge on any atom is -0.286 e. The molecule has 6 nitrogen and oxygen atoms in total. The van der Waals surface area contributed by atoms with Gasteiger partial charge in [-0.25, -0.2) is 0 Å². The maximum Gasteiger partial charge on any atom is 0.331 e. The zero-order valence-electron chi connectivity index (χ0n) is 7.71. The van der Waals surface area contributed by atoms with Gasteiger partial charge in [-0.3, -0.25) is 4.55 Å². The summed E-state index contributed by atoms with van der Waals surface area (Å²) in [6, 6.07) is 5.34. The lowest BCUT2D eigenvalue weighted by atomic mass is 10.1. The average Bonchev–Trinajstić information content (AvgIpc) is 2.61. The second kappa shape index (κ2) is 3.59. The lowest BCUT2D eigenvalue weighted by Crippen LogP contribution is -2.06. The fraction of sp³-hybridized carbons (Fsp3) is 0.250. The highest BCUT2D eigenvalue weighted by Gasteiger charge is 2.21. The molecule has 0 fully saturated rings. The first-order valence-electron chi connectivity index (χ1n) is 4.30. The molecule has 2 rings (SSSR count). The number of anilines is 1. The van der Waals surface area contributed by atoms with Gasteiger partial charge in [0.1, 0.15) is 10.8 Å². The van der Waals surface area contributed by atoms with Gasteiger partial charge in [0.2, 0.25) is 0 Å². The molecule has 0 unspecified atom stereocenters. The zero-order chi connectivity index (χ0) is 10.9. The topological polar surface area (TPSA) is 92.9 Å². The van der Waals surface area contributed by atoms with Crippen molar-refractivity contribution in [3.8, 4) is 0 Å². The summed E-state index contributed by atoms with van der Waals surface area (Å²) >= 11 is 0. The van der Waals surface area contributed by atoms with Crippen molar-refractivity contribution >= 4 is 21.5 Å². The summed E-state index contributed by atoms with van der Waals surface area (Å²) in [5, 5.41) is 7.46. The molecule has 0 spiro atoms. The highest BCUT2D eigenvalue weighted by Crippen LogP contribution is 2.31. The first kappa shape index (κ1) is 10.1. The summed E-state index contributed by atoms with van der Waals surface area (Å²) in [6.45, 7) is 0. The van der Waals surface area contributed by atoms with Gasteiger partial charge in [0.05, 0.1) is 5.75 Å². The van der Waals surface area contributed by atoms with Gasteiger partial charge >= 0.3 is 5.22 Å². The Morgan fingerprint density at radius 1 is 1.47 bits per heavy atom. The Labute approximate surface area is 86.8 Å². The minimum atomic E-state index is -3.93. The van der Waals surface area contributed by atoms with Crippen molar-refractivity contribution in [1.82, 2.24) is 5.22 Å². The third-order valence-corrected chi connectivity index (χ3v) is 2.79. The number of aryl methyl sites for hydroxylation is 1. The van der Waals surface area contributed by atoms with Crippen LogP contribution in [0.4, 0.5) is 11.4 Å². The third-order valence-electron chi connectivity index (χ3n) is 2.07. The lowest BCUT2D eigenvalue weighted by Gasteiger charge is -2.00. The van der Waals surface area contributed by atoms with Gasteiger partial charge in [-0.05, 0) is 18.1 Å². The quantitative estimate of drug-likeness (QED) is 0.749. The van der Waals surface area contributed by atoms with Crippen LogP contribution in [0, 0.1) is 0 Å². The van der Waals surface area contributed by atoms with Crippen molar-refractivity contribution in [3.63, 3.8) is 0 Å². The highest BCUT2D eigenvalue weighted by molar-refractivity contribution is 7.85. The molecule has 0 aromatic heterocycles. The largest absolute Gasteiger partial charge is 0.331 e. The van der Waals surface area contributed by atoms with Crippen LogP contribution in [-0.4, -0.2) is 18.7 Å². The number of hydrogen-bond donors (Lipinski definition) is 2. The number of nitrogens with one attached hydrogen (secondary N) is 1. The van der Waals surface area contributed by atoms with E-state index >= 15 is 0 Å². The molecule has 1 radical (unpaired) electrons. The molecular weight excluding hydrogens is 218 g/mol. The van der Waals surface area contributed by atoms with Gasteiger partial charge < -0.3 is 0 Å². The van der Waals surface area contributed by atoms with Gasteiger partial charge in [0.15, 0.2) is 5.69 Å². The Balaban J connectivity index is 2.23. The molecule has 2 N–H and O–H groups in total. The molecule has 7 heteroatoms. The normalized spacial score (nSPS) is 13.7. The van der Waals surface area contributed by atoms with Crippen LogP contribution in [0.25, 0.3) is 0 Å². The Bertz CT molecular complexity index is 510. The van der Waals surface area contributed by atoms with Crippen LogP contribution < -0.4 is 10.6 Å². The van der Waals surface area contributed by atoms with E-state index in [-0.39, 0.29) is 12.2 Å². The Hall–Kier alpha value is -1.47. The van der Waals surface area contributed by atoms with Crippen LogP contribution >= 0.6 is 0 Å². The summed E-state index contributed by atoms with van der Waals surface area (Å²) in [5.41, 5.74) is 4.83. The van der Waals surface area contributed by atoms with E-state index in [0.29, 0.717) is 5.69 Å². The number of hydrogen-bond acceptors (Lipinski definition) is 5. The average molecular weight is 227 g/mol. The fourth-order valence-electron chi connectivity index (χ4n) is 1.37. The highest BCUT2D eigenvalue weighted by atomic mass is 32.2. The fourth-order valence-corrected chi connectivity index (χ4v) is 1.85. The van der Waals surface area contributed by atoms with Gasteiger partial charge in [-0.15, -0.1) is 0 Å². The van der Waals surface area contributed by atoms with E-state index in [1.807, 2.05) is 0 Å². The smallest absolute Gasteiger partial charge is 0.286 e. The third kappa shape index (κ3) is 2.31. The van der Waals surface area contributed by atoms with Gasteiger partial charge in [-0.1, -0.05) is 17.6 Å². The van der Waals surface area contributed by atoms with Crippen molar-refractivity contribution in [2.45, 2.75) is 6.42 Å². The molecule has 1 heterocycles. The predicted octanol–water partition coefficient (Wildman–Crippen LogP) is 0.877. The zero-order valence-corrected chi connectivity index (χ0v) is 8.53. The molecule has 0 aliphatic carbocycles. The van der Waals surface area contributed by atoms with Crippen molar-refractivity contribution in [2.75, 3.05) is 11.2 Å². The van der Waals surface area contributed by atoms with Crippen molar-refractivity contribution < 1.29 is 13.0 Å². The molecule has 0 amide bonds. The van der Waals surface area contributed by atoms with Crippen LogP contribution in [0.3, 0.4) is 0 Å². The summed E-state index contributed by atoms with van der Waals surface area (Å²) in [7, 11) is -3.93. The van der Waals surface area contributed by atoms with Gasteiger partial charge in [0.25, 0.3) is 10.1 Å². The van der Waals surface area contributed by atoms with Crippen LogP contribution in [0.5, 0.6) is 0 Å². The van der Waals surface area contributed by atoms with E-state index in [4.69, 9.17) is 4.55 Å². The van der Waals surface area contributed by atoms with E-state index in [0.717, 1.165) is 11.3 Å². The van der Waals surface area contributed by atoms with Crippen molar-refractivity contribution in [1.29, 1.82) is 0 Å².